The smallest absolute Gasteiger partial charge is 0.240 e. The van der Waals surface area contributed by atoms with Crippen LogP contribution in [0.5, 0.6) is 0 Å². The summed E-state index contributed by atoms with van der Waals surface area (Å²) in [4.78, 5) is 33.3. The predicted molar refractivity (Wildman–Crippen MR) is 110 cm³/mol. The van der Waals surface area contributed by atoms with Crippen molar-refractivity contribution in [2.75, 3.05) is 4.90 Å². The number of benzene rings is 2. The molecular weight excluding hydrogens is 360 g/mol. The van der Waals surface area contributed by atoms with Gasteiger partial charge in [0.05, 0.1) is 11.8 Å². The fraction of sp³-hybridized carbons (Fsp3) is 0.240. The highest BCUT2D eigenvalue weighted by atomic mass is 16.2. The Morgan fingerprint density at radius 1 is 0.862 bits per heavy atom. The van der Waals surface area contributed by atoms with Gasteiger partial charge in [0.2, 0.25) is 11.8 Å². The Morgan fingerprint density at radius 2 is 1.48 bits per heavy atom. The Labute approximate surface area is 169 Å². The predicted octanol–water partition coefficient (Wildman–Crippen LogP) is 3.96. The lowest BCUT2D eigenvalue weighted by molar-refractivity contribution is -0.123. The van der Waals surface area contributed by atoms with Crippen molar-refractivity contribution < 1.29 is 9.59 Å². The van der Waals surface area contributed by atoms with E-state index in [1.54, 1.807) is 6.20 Å². The van der Waals surface area contributed by atoms with Crippen molar-refractivity contribution in [1.29, 1.82) is 0 Å². The average molecular weight is 380 g/mol. The van der Waals surface area contributed by atoms with Gasteiger partial charge in [-0.1, -0.05) is 61.5 Å². The van der Waals surface area contributed by atoms with Gasteiger partial charge in [-0.05, 0) is 40.8 Å². The summed E-state index contributed by atoms with van der Waals surface area (Å²) in [5.41, 5.74) is 5.00. The number of rotatable bonds is 1. The van der Waals surface area contributed by atoms with Gasteiger partial charge >= 0.3 is 0 Å². The summed E-state index contributed by atoms with van der Waals surface area (Å²) in [6.45, 7) is 4.03. The molecule has 2 bridgehead atoms. The first-order chi connectivity index (χ1) is 14.0. The molecule has 3 aromatic rings. The molecule has 2 heterocycles. The highest BCUT2D eigenvalue weighted by Gasteiger charge is 2.66. The largest absolute Gasteiger partial charge is 0.274 e. The number of pyridine rings is 1. The molecule has 4 nitrogen and oxygen atoms in total. The molecule has 29 heavy (non-hydrogen) atoms. The SMILES string of the molecule is Cc1cccnc1N1C(=O)[C@@H]2C3c4ccccc4C(C)(c4ccccc43)[C@H]2C1=O. The number of carbonyl (C=O) groups is 2. The molecule has 0 radical (unpaired) electrons. The lowest BCUT2D eigenvalue weighted by Crippen LogP contribution is -2.51. The monoisotopic (exact) mass is 380 g/mol. The van der Waals surface area contributed by atoms with Crippen LogP contribution in [-0.2, 0) is 15.0 Å². The number of nitrogens with zero attached hydrogens (tertiary/aromatic N) is 2. The summed E-state index contributed by atoms with van der Waals surface area (Å²) in [5.74, 6) is -0.682. The van der Waals surface area contributed by atoms with Gasteiger partial charge in [-0.2, -0.15) is 0 Å². The van der Waals surface area contributed by atoms with Crippen molar-refractivity contribution in [3.05, 3.63) is 94.7 Å². The Balaban J connectivity index is 1.64. The summed E-state index contributed by atoms with van der Waals surface area (Å²) < 4.78 is 0. The molecule has 1 aromatic heterocycles. The van der Waals surface area contributed by atoms with Gasteiger partial charge in [-0.3, -0.25) is 9.59 Å². The van der Waals surface area contributed by atoms with Gasteiger partial charge in [0.25, 0.3) is 0 Å². The summed E-state index contributed by atoms with van der Waals surface area (Å²) >= 11 is 0. The number of imide groups is 1. The first-order valence-electron chi connectivity index (χ1n) is 10.0. The number of anilines is 1. The molecule has 7 rings (SSSR count). The normalized spacial score (nSPS) is 28.9. The lowest BCUT2D eigenvalue weighted by Gasteiger charge is -2.52. The maximum atomic E-state index is 13.8. The van der Waals surface area contributed by atoms with Gasteiger partial charge in [-0.25, -0.2) is 9.88 Å². The van der Waals surface area contributed by atoms with E-state index in [-0.39, 0.29) is 17.7 Å². The highest BCUT2D eigenvalue weighted by molar-refractivity contribution is 6.23. The standard InChI is InChI=1S/C25H20N2O2/c1-14-8-7-13-26-22(14)27-23(28)20-19-15-9-3-5-11-17(15)25(2,21(20)24(27)29)18-12-6-4-10-16(18)19/h3-13,19-21H,1-2H3/t19?,20-,21-,25?/m1/s1. The Hall–Kier alpha value is -3.27. The van der Waals surface area contributed by atoms with E-state index >= 15 is 0 Å². The van der Waals surface area contributed by atoms with Crippen LogP contribution < -0.4 is 4.90 Å². The zero-order valence-corrected chi connectivity index (χ0v) is 16.3. The molecular formula is C25H20N2O2. The molecule has 1 aliphatic heterocycles. The van der Waals surface area contributed by atoms with Crippen molar-refractivity contribution in [2.24, 2.45) is 11.8 Å². The minimum absolute atomic E-state index is 0.0975. The fourth-order valence-electron chi connectivity index (χ4n) is 6.07. The molecule has 2 atom stereocenters. The van der Waals surface area contributed by atoms with Crippen LogP contribution in [0.15, 0.2) is 66.9 Å². The summed E-state index contributed by atoms with van der Waals surface area (Å²) in [7, 11) is 0. The zero-order valence-electron chi connectivity index (χ0n) is 16.3. The number of amides is 2. The number of aryl methyl sites for hydroxylation is 1. The molecule has 0 spiro atoms. The lowest BCUT2D eigenvalue weighted by atomic mass is 9.48. The van der Waals surface area contributed by atoms with Crippen LogP contribution in [0.3, 0.4) is 0 Å². The second-order valence-corrected chi connectivity index (χ2v) is 8.51. The Bertz CT molecular complexity index is 1170. The van der Waals surface area contributed by atoms with E-state index in [0.717, 1.165) is 5.56 Å². The van der Waals surface area contributed by atoms with Crippen LogP contribution in [0, 0.1) is 18.8 Å². The van der Waals surface area contributed by atoms with Crippen LogP contribution in [0.1, 0.15) is 40.7 Å². The summed E-state index contributed by atoms with van der Waals surface area (Å²) in [6, 6.07) is 20.3. The molecule has 2 amide bonds. The first kappa shape index (κ1) is 16.7. The molecule has 3 aliphatic carbocycles. The quantitative estimate of drug-likeness (QED) is 0.601. The Morgan fingerprint density at radius 3 is 2.10 bits per heavy atom. The van der Waals surface area contributed by atoms with Crippen molar-refractivity contribution >= 4 is 17.6 Å². The number of carbonyl (C=O) groups excluding carboxylic acids is 2. The molecule has 1 saturated heterocycles. The van der Waals surface area contributed by atoms with Crippen molar-refractivity contribution in [3.63, 3.8) is 0 Å². The van der Waals surface area contributed by atoms with Crippen LogP contribution >= 0.6 is 0 Å². The first-order valence-corrected chi connectivity index (χ1v) is 10.0. The van der Waals surface area contributed by atoms with E-state index in [2.05, 4.69) is 36.2 Å². The van der Waals surface area contributed by atoms with Crippen LogP contribution in [0.2, 0.25) is 0 Å². The van der Waals surface area contributed by atoms with Crippen molar-refractivity contribution in [1.82, 2.24) is 4.98 Å². The maximum absolute atomic E-state index is 13.8. The van der Waals surface area contributed by atoms with Crippen molar-refractivity contribution in [3.8, 4) is 0 Å². The van der Waals surface area contributed by atoms with Gasteiger partial charge in [0.1, 0.15) is 5.82 Å². The number of hydrogen-bond donors (Lipinski definition) is 0. The van der Waals surface area contributed by atoms with E-state index in [4.69, 9.17) is 0 Å². The minimum atomic E-state index is -0.531. The van der Waals surface area contributed by atoms with E-state index in [9.17, 15) is 9.59 Å². The van der Waals surface area contributed by atoms with E-state index < -0.39 is 17.3 Å². The van der Waals surface area contributed by atoms with Gasteiger partial charge in [0, 0.05) is 17.5 Å². The molecule has 0 unspecified atom stereocenters. The third kappa shape index (κ3) is 1.82. The molecule has 0 N–H and O–H groups in total. The van der Waals surface area contributed by atoms with Crippen LogP contribution in [-0.4, -0.2) is 16.8 Å². The van der Waals surface area contributed by atoms with Gasteiger partial charge in [-0.15, -0.1) is 0 Å². The number of hydrogen-bond acceptors (Lipinski definition) is 3. The van der Waals surface area contributed by atoms with E-state index in [1.807, 2.05) is 43.3 Å². The second kappa shape index (κ2) is 5.41. The molecule has 4 heteroatoms. The summed E-state index contributed by atoms with van der Waals surface area (Å²) in [6.07, 6.45) is 1.64. The molecule has 1 fully saturated rings. The molecule has 0 saturated carbocycles. The van der Waals surface area contributed by atoms with E-state index in [1.165, 1.54) is 27.2 Å². The fourth-order valence-corrected chi connectivity index (χ4v) is 6.07. The number of aromatic nitrogens is 1. The maximum Gasteiger partial charge on any atom is 0.240 e. The topological polar surface area (TPSA) is 50.3 Å². The third-order valence-corrected chi connectivity index (χ3v) is 7.24. The molecule has 142 valence electrons. The van der Waals surface area contributed by atoms with Crippen molar-refractivity contribution in [2.45, 2.75) is 25.2 Å². The second-order valence-electron chi connectivity index (χ2n) is 8.51. The molecule has 4 aliphatic rings. The third-order valence-electron chi connectivity index (χ3n) is 7.24. The van der Waals surface area contributed by atoms with E-state index in [0.29, 0.717) is 5.82 Å². The average Bonchev–Trinajstić information content (AvgIpc) is 3.01. The molecule has 2 aromatic carbocycles. The zero-order chi connectivity index (χ0) is 19.9. The summed E-state index contributed by atoms with van der Waals surface area (Å²) in [5, 5.41) is 0. The highest BCUT2D eigenvalue weighted by Crippen LogP contribution is 2.64. The Kier molecular flexibility index (Phi) is 3.11. The van der Waals surface area contributed by atoms with Gasteiger partial charge < -0.3 is 0 Å². The van der Waals surface area contributed by atoms with Gasteiger partial charge in [0.15, 0.2) is 0 Å². The van der Waals surface area contributed by atoms with Crippen LogP contribution in [0.25, 0.3) is 0 Å². The minimum Gasteiger partial charge on any atom is -0.274 e. The van der Waals surface area contributed by atoms with Crippen LogP contribution in [0.4, 0.5) is 5.82 Å².